The Balaban J connectivity index is 1.50. The third-order valence-corrected chi connectivity index (χ3v) is 5.74. The van der Waals surface area contributed by atoms with Crippen molar-refractivity contribution in [3.63, 3.8) is 0 Å². The number of nitrogens with zero attached hydrogens (tertiary/aromatic N) is 3. The number of carbonyl (C=O) groups excluding carboxylic acids is 1. The molecule has 4 nitrogen and oxygen atoms in total. The molecule has 0 unspecified atom stereocenters. The number of thiophene rings is 1. The highest BCUT2D eigenvalue weighted by molar-refractivity contribution is 7.09. The average molecular weight is 378 g/mol. The number of rotatable bonds is 5. The molecule has 1 amide bonds. The molecule has 0 radical (unpaired) electrons. The van der Waals surface area contributed by atoms with E-state index in [-0.39, 0.29) is 5.91 Å². The van der Waals surface area contributed by atoms with Crippen LogP contribution in [0.1, 0.15) is 10.4 Å². The molecule has 0 N–H and O–H groups in total. The van der Waals surface area contributed by atoms with Crippen LogP contribution in [-0.2, 0) is 11.3 Å². The van der Waals surface area contributed by atoms with Crippen molar-refractivity contribution >= 4 is 34.5 Å². The summed E-state index contributed by atoms with van der Waals surface area (Å²) in [6.07, 6.45) is 0. The fourth-order valence-electron chi connectivity index (χ4n) is 3.11. The molecule has 0 spiro atoms. The molecule has 1 aliphatic rings. The van der Waals surface area contributed by atoms with Crippen LogP contribution in [0.2, 0.25) is 5.02 Å². The fraction of sp³-hybridized carbons (Fsp3) is 0.421. The van der Waals surface area contributed by atoms with E-state index in [1.165, 1.54) is 16.1 Å². The van der Waals surface area contributed by atoms with Crippen molar-refractivity contribution < 1.29 is 4.79 Å². The van der Waals surface area contributed by atoms with E-state index in [2.05, 4.69) is 28.9 Å². The smallest absolute Gasteiger partial charge is 0.236 e. The van der Waals surface area contributed by atoms with Crippen LogP contribution in [0.3, 0.4) is 0 Å². The monoisotopic (exact) mass is 377 g/mol. The zero-order valence-corrected chi connectivity index (χ0v) is 16.3. The molecule has 2 aromatic rings. The van der Waals surface area contributed by atoms with Crippen LogP contribution in [0.4, 0.5) is 5.69 Å². The number of hydrogen-bond acceptors (Lipinski definition) is 4. The van der Waals surface area contributed by atoms with E-state index in [1.54, 1.807) is 11.3 Å². The molecular formula is C19H24ClN3OS. The number of hydrogen-bond donors (Lipinski definition) is 0. The van der Waals surface area contributed by atoms with E-state index in [1.807, 2.05) is 35.5 Å². The molecule has 0 atom stereocenters. The molecule has 3 rings (SSSR count). The molecular weight excluding hydrogens is 354 g/mol. The molecule has 134 valence electrons. The highest BCUT2D eigenvalue weighted by Gasteiger charge is 2.21. The number of likely N-dealkylation sites (N-methyl/N-ethyl adjacent to an activating group) is 1. The van der Waals surface area contributed by atoms with Crippen LogP contribution in [0.15, 0.2) is 35.7 Å². The second kappa shape index (κ2) is 8.21. The van der Waals surface area contributed by atoms with E-state index < -0.39 is 0 Å². The number of benzene rings is 1. The maximum Gasteiger partial charge on any atom is 0.236 e. The molecule has 25 heavy (non-hydrogen) atoms. The van der Waals surface area contributed by atoms with E-state index in [0.717, 1.165) is 31.2 Å². The Hall–Kier alpha value is -1.56. The summed E-state index contributed by atoms with van der Waals surface area (Å²) in [5, 5.41) is 2.82. The predicted octanol–water partition coefficient (Wildman–Crippen LogP) is 3.49. The van der Waals surface area contributed by atoms with Gasteiger partial charge in [0, 0.05) is 48.8 Å². The molecule has 0 bridgehead atoms. The van der Waals surface area contributed by atoms with Crippen LogP contribution in [0, 0.1) is 6.92 Å². The molecule has 1 aromatic carbocycles. The lowest BCUT2D eigenvalue weighted by molar-refractivity contribution is -0.131. The SMILES string of the molecule is Cc1ccc(Cl)cc1N1CCN(CC(=O)N(C)Cc2cccs2)CC1. The van der Waals surface area contributed by atoms with Gasteiger partial charge in [0.15, 0.2) is 0 Å². The van der Waals surface area contributed by atoms with E-state index in [0.29, 0.717) is 13.1 Å². The van der Waals surface area contributed by atoms with Gasteiger partial charge in [0.25, 0.3) is 0 Å². The van der Waals surface area contributed by atoms with Gasteiger partial charge in [0.05, 0.1) is 13.1 Å². The number of carbonyl (C=O) groups is 1. The van der Waals surface area contributed by atoms with Gasteiger partial charge in [-0.3, -0.25) is 9.69 Å². The number of anilines is 1. The standard InChI is InChI=1S/C19H24ClN3OS/c1-15-5-6-16(20)12-18(15)23-9-7-22(8-10-23)14-19(24)21(2)13-17-4-3-11-25-17/h3-6,11-12H,7-10,13-14H2,1-2H3. The number of amides is 1. The second-order valence-electron chi connectivity index (χ2n) is 6.52. The van der Waals surface area contributed by atoms with Crippen molar-refractivity contribution in [3.8, 4) is 0 Å². The molecule has 0 saturated carbocycles. The van der Waals surface area contributed by atoms with Gasteiger partial charge in [-0.25, -0.2) is 0 Å². The maximum atomic E-state index is 12.4. The lowest BCUT2D eigenvalue weighted by Gasteiger charge is -2.37. The van der Waals surface area contributed by atoms with Gasteiger partial charge in [-0.1, -0.05) is 23.7 Å². The second-order valence-corrected chi connectivity index (χ2v) is 7.99. The van der Waals surface area contributed by atoms with Gasteiger partial charge in [0.1, 0.15) is 0 Å². The summed E-state index contributed by atoms with van der Waals surface area (Å²) < 4.78 is 0. The lowest BCUT2D eigenvalue weighted by Crippen LogP contribution is -2.49. The van der Waals surface area contributed by atoms with E-state index >= 15 is 0 Å². The van der Waals surface area contributed by atoms with Gasteiger partial charge < -0.3 is 9.80 Å². The van der Waals surface area contributed by atoms with Crippen LogP contribution in [0.25, 0.3) is 0 Å². The lowest BCUT2D eigenvalue weighted by atomic mass is 10.1. The molecule has 1 aliphatic heterocycles. The minimum absolute atomic E-state index is 0.181. The Morgan fingerprint density at radius 3 is 2.68 bits per heavy atom. The number of aryl methyl sites for hydroxylation is 1. The highest BCUT2D eigenvalue weighted by atomic mass is 35.5. The van der Waals surface area contributed by atoms with Gasteiger partial charge in [-0.05, 0) is 36.1 Å². The minimum atomic E-state index is 0.181. The summed E-state index contributed by atoms with van der Waals surface area (Å²) >= 11 is 7.83. The topological polar surface area (TPSA) is 26.8 Å². The summed E-state index contributed by atoms with van der Waals surface area (Å²) in [5.74, 6) is 0.181. The normalized spacial score (nSPS) is 15.4. The summed E-state index contributed by atoms with van der Waals surface area (Å²) in [7, 11) is 1.88. The average Bonchev–Trinajstić information content (AvgIpc) is 3.11. The van der Waals surface area contributed by atoms with Gasteiger partial charge in [0.2, 0.25) is 5.91 Å². The first-order valence-corrected chi connectivity index (χ1v) is 9.78. The first-order valence-electron chi connectivity index (χ1n) is 8.53. The Kier molecular flexibility index (Phi) is 5.99. The molecule has 2 heterocycles. The van der Waals surface area contributed by atoms with Gasteiger partial charge in [-0.2, -0.15) is 0 Å². The molecule has 1 saturated heterocycles. The largest absolute Gasteiger partial charge is 0.369 e. The van der Waals surface area contributed by atoms with Crippen molar-refractivity contribution in [2.24, 2.45) is 0 Å². The molecule has 6 heteroatoms. The van der Waals surface area contributed by atoms with Gasteiger partial charge >= 0.3 is 0 Å². The Bertz CT molecular complexity index is 711. The van der Waals surface area contributed by atoms with Crippen molar-refractivity contribution in [1.29, 1.82) is 0 Å². The van der Waals surface area contributed by atoms with Gasteiger partial charge in [-0.15, -0.1) is 11.3 Å². The predicted molar refractivity (Wildman–Crippen MR) is 106 cm³/mol. The Morgan fingerprint density at radius 1 is 1.24 bits per heavy atom. The Morgan fingerprint density at radius 2 is 2.00 bits per heavy atom. The van der Waals surface area contributed by atoms with E-state index in [4.69, 9.17) is 11.6 Å². The van der Waals surface area contributed by atoms with Crippen LogP contribution < -0.4 is 4.90 Å². The number of piperazine rings is 1. The summed E-state index contributed by atoms with van der Waals surface area (Å²) in [5.41, 5.74) is 2.44. The summed E-state index contributed by atoms with van der Waals surface area (Å²) in [4.78, 5) is 20.1. The molecule has 1 fully saturated rings. The maximum absolute atomic E-state index is 12.4. The van der Waals surface area contributed by atoms with Crippen LogP contribution in [-0.4, -0.2) is 55.5 Å². The van der Waals surface area contributed by atoms with Crippen molar-refractivity contribution in [2.75, 3.05) is 44.7 Å². The third-order valence-electron chi connectivity index (χ3n) is 4.64. The molecule has 0 aliphatic carbocycles. The summed E-state index contributed by atoms with van der Waals surface area (Å²) in [6, 6.07) is 10.1. The van der Waals surface area contributed by atoms with Crippen LogP contribution in [0.5, 0.6) is 0 Å². The van der Waals surface area contributed by atoms with Crippen molar-refractivity contribution in [1.82, 2.24) is 9.80 Å². The first-order chi connectivity index (χ1) is 12.0. The van der Waals surface area contributed by atoms with Crippen molar-refractivity contribution in [2.45, 2.75) is 13.5 Å². The van der Waals surface area contributed by atoms with E-state index in [9.17, 15) is 4.79 Å². The quantitative estimate of drug-likeness (QED) is 0.798. The number of halogens is 1. The van der Waals surface area contributed by atoms with Crippen LogP contribution >= 0.6 is 22.9 Å². The molecule has 1 aromatic heterocycles. The van der Waals surface area contributed by atoms with Crippen molar-refractivity contribution in [3.05, 3.63) is 51.2 Å². The summed E-state index contributed by atoms with van der Waals surface area (Å²) in [6.45, 7) is 6.92. The minimum Gasteiger partial charge on any atom is -0.369 e. The fourth-order valence-corrected chi connectivity index (χ4v) is 4.03. The highest BCUT2D eigenvalue weighted by Crippen LogP contribution is 2.25. The Labute approximate surface area is 158 Å². The third kappa shape index (κ3) is 4.75. The first kappa shape index (κ1) is 18.2. The zero-order chi connectivity index (χ0) is 17.8. The zero-order valence-electron chi connectivity index (χ0n) is 14.7.